The molecule has 3 rings (SSSR count). The molecule has 7 heteroatoms. The molecule has 0 N–H and O–H groups in total. The van der Waals surface area contributed by atoms with E-state index in [0.717, 1.165) is 11.3 Å². The normalized spacial score (nSPS) is 11.4. The van der Waals surface area contributed by atoms with Gasteiger partial charge in [0.15, 0.2) is 16.6 Å². The number of nitrogens with zero attached hydrogens (tertiary/aromatic N) is 4. The van der Waals surface area contributed by atoms with Crippen molar-refractivity contribution in [2.24, 2.45) is 0 Å². The second kappa shape index (κ2) is 5.70. The van der Waals surface area contributed by atoms with Crippen LogP contribution in [0.4, 0.5) is 4.39 Å². The Morgan fingerprint density at radius 3 is 2.74 bits per heavy atom. The van der Waals surface area contributed by atoms with Gasteiger partial charge in [0.2, 0.25) is 0 Å². The van der Waals surface area contributed by atoms with Gasteiger partial charge in [0.25, 0.3) is 0 Å². The van der Waals surface area contributed by atoms with Crippen LogP contribution in [0.15, 0.2) is 29.3 Å². The molecule has 3 aromatic rings. The largest absolute Gasteiger partial charge is 0.353 e. The maximum absolute atomic E-state index is 13.6. The van der Waals surface area contributed by atoms with E-state index >= 15 is 0 Å². The van der Waals surface area contributed by atoms with Gasteiger partial charge in [0.05, 0.1) is 11.4 Å². The monoisotopic (exact) mass is 332 g/mol. The predicted octanol–water partition coefficient (Wildman–Crippen LogP) is 3.40. The average Bonchev–Trinajstić information content (AvgIpc) is 2.49. The Balaban J connectivity index is 2.49. The first-order chi connectivity index (χ1) is 10.9. The number of aromatic nitrogens is 4. The second-order valence-electron chi connectivity index (χ2n) is 5.57. The van der Waals surface area contributed by atoms with Gasteiger partial charge in [-0.25, -0.2) is 23.7 Å². The highest BCUT2D eigenvalue weighted by Gasteiger charge is 2.18. The van der Waals surface area contributed by atoms with E-state index < -0.39 is 11.5 Å². The maximum Gasteiger partial charge on any atom is 0.353 e. The molecule has 0 amide bonds. The molecule has 0 unspecified atom stereocenters. The summed E-state index contributed by atoms with van der Waals surface area (Å²) in [6.45, 7) is 5.84. The summed E-state index contributed by atoms with van der Waals surface area (Å²) < 4.78 is 15.0. The standard InChI is InChI=1S/C16H14ClFN4O/c1-8(2)12-13(9(3)4-5-19-12)22-15-10(7-20-16(22)23)6-11(18)14(17)21-15/h4-8H,1-3H3. The van der Waals surface area contributed by atoms with Crippen LogP contribution < -0.4 is 5.69 Å². The van der Waals surface area contributed by atoms with Gasteiger partial charge < -0.3 is 0 Å². The Hall–Kier alpha value is -2.34. The molecule has 0 fully saturated rings. The minimum atomic E-state index is -0.654. The minimum Gasteiger partial charge on any atom is -0.259 e. The number of aryl methyl sites for hydroxylation is 1. The van der Waals surface area contributed by atoms with Crippen LogP contribution in [0.5, 0.6) is 0 Å². The van der Waals surface area contributed by atoms with Gasteiger partial charge in [-0.3, -0.25) is 4.98 Å². The highest BCUT2D eigenvalue weighted by atomic mass is 35.5. The Bertz CT molecular complexity index is 968. The minimum absolute atomic E-state index is 0.0861. The molecule has 0 bridgehead atoms. The third kappa shape index (κ3) is 2.59. The van der Waals surface area contributed by atoms with Crippen LogP contribution in [0.25, 0.3) is 16.7 Å². The van der Waals surface area contributed by atoms with E-state index in [4.69, 9.17) is 11.6 Å². The quantitative estimate of drug-likeness (QED) is 0.675. The first kappa shape index (κ1) is 15.6. The summed E-state index contributed by atoms with van der Waals surface area (Å²) in [6, 6.07) is 3.02. The Morgan fingerprint density at radius 1 is 1.30 bits per heavy atom. The van der Waals surface area contributed by atoms with Gasteiger partial charge in [-0.15, -0.1) is 0 Å². The Labute approximate surface area is 136 Å². The summed E-state index contributed by atoms with van der Waals surface area (Å²) in [4.78, 5) is 24.7. The van der Waals surface area contributed by atoms with Gasteiger partial charge in [-0.2, -0.15) is 0 Å². The summed E-state index contributed by atoms with van der Waals surface area (Å²) in [6.07, 6.45) is 2.99. The smallest absolute Gasteiger partial charge is 0.259 e. The molecule has 0 aliphatic heterocycles. The number of hydrogen-bond donors (Lipinski definition) is 0. The Morgan fingerprint density at radius 2 is 2.04 bits per heavy atom. The van der Waals surface area contributed by atoms with Crippen LogP contribution in [0.3, 0.4) is 0 Å². The van der Waals surface area contributed by atoms with Crippen LogP contribution >= 0.6 is 11.6 Å². The van der Waals surface area contributed by atoms with Crippen LogP contribution in [0, 0.1) is 12.7 Å². The van der Waals surface area contributed by atoms with Gasteiger partial charge in [-0.1, -0.05) is 25.4 Å². The molecule has 0 saturated heterocycles. The number of halogens is 2. The third-order valence-corrected chi connectivity index (χ3v) is 3.85. The molecule has 5 nitrogen and oxygen atoms in total. The molecule has 0 saturated carbocycles. The lowest BCUT2D eigenvalue weighted by Gasteiger charge is -2.17. The van der Waals surface area contributed by atoms with Gasteiger partial charge in [0, 0.05) is 17.8 Å². The van der Waals surface area contributed by atoms with Crippen LogP contribution in [0.2, 0.25) is 5.15 Å². The van der Waals surface area contributed by atoms with E-state index in [0.29, 0.717) is 11.1 Å². The number of hydrogen-bond acceptors (Lipinski definition) is 4. The summed E-state index contributed by atoms with van der Waals surface area (Å²) in [7, 11) is 0. The maximum atomic E-state index is 13.6. The highest BCUT2D eigenvalue weighted by Crippen LogP contribution is 2.26. The van der Waals surface area contributed by atoms with Crippen molar-refractivity contribution in [1.82, 2.24) is 19.5 Å². The van der Waals surface area contributed by atoms with Crippen LogP contribution in [-0.4, -0.2) is 19.5 Å². The van der Waals surface area contributed by atoms with E-state index in [1.807, 2.05) is 20.8 Å². The molecule has 3 aromatic heterocycles. The molecule has 0 aliphatic carbocycles. The van der Waals surface area contributed by atoms with Crippen molar-refractivity contribution in [2.75, 3.05) is 0 Å². The van der Waals surface area contributed by atoms with Crippen LogP contribution in [-0.2, 0) is 0 Å². The fourth-order valence-corrected chi connectivity index (χ4v) is 2.64. The van der Waals surface area contributed by atoms with E-state index in [1.54, 1.807) is 12.3 Å². The zero-order valence-electron chi connectivity index (χ0n) is 12.8. The third-order valence-electron chi connectivity index (χ3n) is 3.58. The van der Waals surface area contributed by atoms with E-state index in [-0.39, 0.29) is 16.7 Å². The topological polar surface area (TPSA) is 60.7 Å². The van der Waals surface area contributed by atoms with Crippen LogP contribution in [0.1, 0.15) is 31.0 Å². The summed E-state index contributed by atoms with van der Waals surface area (Å²) in [5.74, 6) is -0.568. The predicted molar refractivity (Wildman–Crippen MR) is 86.7 cm³/mol. The fraction of sp³-hybridized carbons (Fsp3) is 0.250. The number of pyridine rings is 2. The van der Waals surface area contributed by atoms with Gasteiger partial charge in [0.1, 0.15) is 0 Å². The highest BCUT2D eigenvalue weighted by molar-refractivity contribution is 6.29. The van der Waals surface area contributed by atoms with Crippen molar-refractivity contribution >= 4 is 22.6 Å². The molecule has 3 heterocycles. The van der Waals surface area contributed by atoms with Crippen molar-refractivity contribution in [1.29, 1.82) is 0 Å². The van der Waals surface area contributed by atoms with Crippen molar-refractivity contribution in [2.45, 2.75) is 26.7 Å². The number of fused-ring (bicyclic) bond motifs is 1. The van der Waals surface area contributed by atoms with Crippen molar-refractivity contribution in [3.8, 4) is 5.69 Å². The van der Waals surface area contributed by atoms with Crippen molar-refractivity contribution in [3.63, 3.8) is 0 Å². The second-order valence-corrected chi connectivity index (χ2v) is 5.92. The summed E-state index contributed by atoms with van der Waals surface area (Å²) in [5, 5.41) is 0.106. The molecular weight excluding hydrogens is 319 g/mol. The fourth-order valence-electron chi connectivity index (χ4n) is 2.51. The van der Waals surface area contributed by atoms with E-state index in [1.165, 1.54) is 16.8 Å². The molecular formula is C16H14ClFN4O. The zero-order valence-corrected chi connectivity index (χ0v) is 13.6. The lowest BCUT2D eigenvalue weighted by molar-refractivity contribution is 0.624. The van der Waals surface area contributed by atoms with Crippen molar-refractivity contribution < 1.29 is 4.39 Å². The number of rotatable bonds is 2. The first-order valence-corrected chi connectivity index (χ1v) is 7.47. The molecule has 23 heavy (non-hydrogen) atoms. The van der Waals surface area contributed by atoms with E-state index in [9.17, 15) is 9.18 Å². The SMILES string of the molecule is Cc1ccnc(C(C)C)c1-n1c(=O)ncc2cc(F)c(Cl)nc21. The first-order valence-electron chi connectivity index (χ1n) is 7.10. The Kier molecular flexibility index (Phi) is 3.85. The van der Waals surface area contributed by atoms with E-state index in [2.05, 4.69) is 15.0 Å². The molecule has 0 spiro atoms. The van der Waals surface area contributed by atoms with Crippen molar-refractivity contribution in [3.05, 3.63) is 57.2 Å². The van der Waals surface area contributed by atoms with Gasteiger partial charge >= 0.3 is 5.69 Å². The molecule has 0 aromatic carbocycles. The summed E-state index contributed by atoms with van der Waals surface area (Å²) in [5.41, 5.74) is 1.95. The molecule has 0 atom stereocenters. The lowest BCUT2D eigenvalue weighted by atomic mass is 10.0. The van der Waals surface area contributed by atoms with Gasteiger partial charge in [-0.05, 0) is 30.5 Å². The lowest BCUT2D eigenvalue weighted by Crippen LogP contribution is -2.24. The summed E-state index contributed by atoms with van der Waals surface area (Å²) >= 11 is 5.80. The molecule has 118 valence electrons. The zero-order chi connectivity index (χ0) is 16.7. The average molecular weight is 333 g/mol. The molecule has 0 radical (unpaired) electrons. The molecule has 0 aliphatic rings.